The van der Waals surface area contributed by atoms with Gasteiger partial charge in [0.1, 0.15) is 0 Å². The van der Waals surface area contributed by atoms with Crippen LogP contribution in [0.4, 0.5) is 0 Å². The van der Waals surface area contributed by atoms with Gasteiger partial charge in [0, 0.05) is 18.4 Å². The molecular formula is C14H16O3. The fourth-order valence-corrected chi connectivity index (χ4v) is 1.51. The Morgan fingerprint density at radius 2 is 2.00 bits per heavy atom. The maximum Gasteiger partial charge on any atom is 0.163 e. The van der Waals surface area contributed by atoms with Crippen LogP contribution < -0.4 is 9.47 Å². The second-order valence-corrected chi connectivity index (χ2v) is 3.55. The molecule has 0 unspecified atom stereocenters. The smallest absolute Gasteiger partial charge is 0.163 e. The zero-order valence-electron chi connectivity index (χ0n) is 10.2. The van der Waals surface area contributed by atoms with Crippen molar-refractivity contribution < 1.29 is 14.3 Å². The molecule has 1 aromatic carbocycles. The molecule has 0 N–H and O–H groups in total. The molecule has 3 heteroatoms. The maximum absolute atomic E-state index is 11.8. The molecular weight excluding hydrogens is 216 g/mol. The summed E-state index contributed by atoms with van der Waals surface area (Å²) in [6.45, 7) is 0. The molecule has 0 saturated carbocycles. The minimum Gasteiger partial charge on any atom is -0.493 e. The fraction of sp³-hybridized carbons (Fsp3) is 0.357. The third kappa shape index (κ3) is 3.53. The number of carbonyl (C=O) groups excluding carboxylic acids is 1. The quantitative estimate of drug-likeness (QED) is 0.430. The third-order valence-corrected chi connectivity index (χ3v) is 2.43. The average molecular weight is 232 g/mol. The van der Waals surface area contributed by atoms with Gasteiger partial charge in [-0.2, -0.15) is 0 Å². The zero-order valence-corrected chi connectivity index (χ0v) is 10.2. The van der Waals surface area contributed by atoms with Gasteiger partial charge in [-0.15, -0.1) is 12.3 Å². The van der Waals surface area contributed by atoms with Gasteiger partial charge in [-0.05, 0) is 24.6 Å². The van der Waals surface area contributed by atoms with Crippen LogP contribution in [-0.4, -0.2) is 20.0 Å². The van der Waals surface area contributed by atoms with Crippen LogP contribution >= 0.6 is 0 Å². The van der Waals surface area contributed by atoms with Crippen molar-refractivity contribution in [2.45, 2.75) is 19.3 Å². The van der Waals surface area contributed by atoms with Gasteiger partial charge in [0.05, 0.1) is 14.2 Å². The van der Waals surface area contributed by atoms with E-state index in [1.807, 2.05) is 0 Å². The number of ketones is 1. The Labute approximate surface area is 102 Å². The van der Waals surface area contributed by atoms with Crippen LogP contribution in [0.1, 0.15) is 29.6 Å². The summed E-state index contributed by atoms with van der Waals surface area (Å²) < 4.78 is 10.2. The van der Waals surface area contributed by atoms with Crippen LogP contribution in [0, 0.1) is 12.3 Å². The zero-order chi connectivity index (χ0) is 12.7. The molecule has 0 aliphatic carbocycles. The van der Waals surface area contributed by atoms with E-state index in [0.29, 0.717) is 36.3 Å². The summed E-state index contributed by atoms with van der Waals surface area (Å²) >= 11 is 0. The summed E-state index contributed by atoms with van der Waals surface area (Å²) in [5.41, 5.74) is 0.625. The van der Waals surface area contributed by atoms with Crippen molar-refractivity contribution >= 4 is 5.78 Å². The van der Waals surface area contributed by atoms with Crippen molar-refractivity contribution in [3.05, 3.63) is 23.8 Å². The number of benzene rings is 1. The lowest BCUT2D eigenvalue weighted by molar-refractivity contribution is 0.0980. The van der Waals surface area contributed by atoms with Crippen molar-refractivity contribution in [2.75, 3.05) is 14.2 Å². The molecule has 0 spiro atoms. The number of hydrogen-bond donors (Lipinski definition) is 0. The largest absolute Gasteiger partial charge is 0.493 e. The average Bonchev–Trinajstić information content (AvgIpc) is 2.38. The molecule has 0 aliphatic rings. The second kappa shape index (κ2) is 6.59. The van der Waals surface area contributed by atoms with Crippen LogP contribution in [0.2, 0.25) is 0 Å². The van der Waals surface area contributed by atoms with E-state index < -0.39 is 0 Å². The summed E-state index contributed by atoms with van der Waals surface area (Å²) in [5.74, 6) is 3.77. The lowest BCUT2D eigenvalue weighted by Gasteiger charge is -2.08. The van der Waals surface area contributed by atoms with Crippen molar-refractivity contribution in [1.29, 1.82) is 0 Å². The van der Waals surface area contributed by atoms with Gasteiger partial charge in [-0.3, -0.25) is 4.79 Å². The van der Waals surface area contributed by atoms with E-state index in [-0.39, 0.29) is 5.78 Å². The van der Waals surface area contributed by atoms with Gasteiger partial charge in [0.25, 0.3) is 0 Å². The van der Waals surface area contributed by atoms with E-state index in [1.165, 1.54) is 0 Å². The summed E-state index contributed by atoms with van der Waals surface area (Å²) in [5, 5.41) is 0. The lowest BCUT2D eigenvalue weighted by Crippen LogP contribution is -2.00. The highest BCUT2D eigenvalue weighted by molar-refractivity contribution is 5.96. The van der Waals surface area contributed by atoms with E-state index in [9.17, 15) is 4.79 Å². The molecule has 0 aliphatic heterocycles. The molecule has 0 heterocycles. The van der Waals surface area contributed by atoms with Gasteiger partial charge < -0.3 is 9.47 Å². The van der Waals surface area contributed by atoms with Crippen molar-refractivity contribution in [3.8, 4) is 23.8 Å². The fourth-order valence-electron chi connectivity index (χ4n) is 1.51. The van der Waals surface area contributed by atoms with E-state index >= 15 is 0 Å². The molecule has 0 atom stereocenters. The van der Waals surface area contributed by atoms with Gasteiger partial charge in [0.2, 0.25) is 0 Å². The molecule has 1 aromatic rings. The molecule has 0 amide bonds. The van der Waals surface area contributed by atoms with E-state index in [4.69, 9.17) is 15.9 Å². The molecule has 0 fully saturated rings. The summed E-state index contributed by atoms with van der Waals surface area (Å²) in [7, 11) is 3.11. The van der Waals surface area contributed by atoms with Gasteiger partial charge >= 0.3 is 0 Å². The van der Waals surface area contributed by atoms with Gasteiger partial charge in [-0.1, -0.05) is 0 Å². The molecule has 90 valence electrons. The number of ether oxygens (including phenoxy) is 2. The van der Waals surface area contributed by atoms with Crippen LogP contribution in [0.25, 0.3) is 0 Å². The lowest BCUT2D eigenvalue weighted by atomic mass is 10.1. The summed E-state index contributed by atoms with van der Waals surface area (Å²) in [6.07, 6.45) is 6.93. The normalized spacial score (nSPS) is 9.47. The Bertz CT molecular complexity index is 430. The van der Waals surface area contributed by atoms with Gasteiger partial charge in [-0.25, -0.2) is 0 Å². The van der Waals surface area contributed by atoms with Crippen LogP contribution in [-0.2, 0) is 0 Å². The molecule has 0 aromatic heterocycles. The second-order valence-electron chi connectivity index (χ2n) is 3.55. The molecule has 17 heavy (non-hydrogen) atoms. The molecule has 0 bridgehead atoms. The number of rotatable bonds is 6. The predicted octanol–water partition coefficient (Wildman–Crippen LogP) is 2.69. The van der Waals surface area contributed by atoms with Crippen LogP contribution in [0.5, 0.6) is 11.5 Å². The summed E-state index contributed by atoms with van der Waals surface area (Å²) in [6, 6.07) is 5.16. The topological polar surface area (TPSA) is 35.5 Å². The van der Waals surface area contributed by atoms with Crippen molar-refractivity contribution in [3.63, 3.8) is 0 Å². The minimum absolute atomic E-state index is 0.0706. The first-order valence-electron chi connectivity index (χ1n) is 5.41. The number of methoxy groups -OCH3 is 2. The van der Waals surface area contributed by atoms with Crippen molar-refractivity contribution in [2.24, 2.45) is 0 Å². The maximum atomic E-state index is 11.8. The minimum atomic E-state index is 0.0706. The van der Waals surface area contributed by atoms with Gasteiger partial charge in [0.15, 0.2) is 17.3 Å². The molecule has 0 saturated heterocycles. The Morgan fingerprint density at radius 1 is 1.29 bits per heavy atom. The number of Topliss-reactive ketones (excluding diaryl/α,β-unsaturated/α-hetero) is 1. The standard InChI is InChI=1S/C14H16O3/c1-4-5-6-7-12(15)11-8-9-13(16-2)14(10-11)17-3/h1,8-10H,5-7H2,2-3H3. The molecule has 1 rings (SSSR count). The van der Waals surface area contributed by atoms with E-state index in [0.717, 1.165) is 0 Å². The SMILES string of the molecule is C#CCCCC(=O)c1ccc(OC)c(OC)c1. The van der Waals surface area contributed by atoms with Crippen LogP contribution in [0.15, 0.2) is 18.2 Å². The number of unbranched alkanes of at least 4 members (excludes halogenated alkanes) is 1. The number of carbonyl (C=O) groups is 1. The first kappa shape index (κ1) is 13.1. The molecule has 3 nitrogen and oxygen atoms in total. The monoisotopic (exact) mass is 232 g/mol. The van der Waals surface area contributed by atoms with E-state index in [2.05, 4.69) is 5.92 Å². The van der Waals surface area contributed by atoms with E-state index in [1.54, 1.807) is 32.4 Å². The third-order valence-electron chi connectivity index (χ3n) is 2.43. The van der Waals surface area contributed by atoms with Crippen molar-refractivity contribution in [1.82, 2.24) is 0 Å². The molecule has 0 radical (unpaired) electrons. The number of hydrogen-bond acceptors (Lipinski definition) is 3. The first-order valence-corrected chi connectivity index (χ1v) is 5.41. The first-order chi connectivity index (χ1) is 8.22. The predicted molar refractivity (Wildman–Crippen MR) is 66.6 cm³/mol. The highest BCUT2D eigenvalue weighted by Gasteiger charge is 2.10. The highest BCUT2D eigenvalue weighted by atomic mass is 16.5. The number of terminal acetylenes is 1. The Morgan fingerprint density at radius 3 is 2.59 bits per heavy atom. The summed E-state index contributed by atoms with van der Waals surface area (Å²) in [4.78, 5) is 11.8. The Balaban J connectivity index is 2.78. The highest BCUT2D eigenvalue weighted by Crippen LogP contribution is 2.28. The Hall–Kier alpha value is -1.95. The van der Waals surface area contributed by atoms with Crippen LogP contribution in [0.3, 0.4) is 0 Å². The Kier molecular flexibility index (Phi) is 5.09.